The molecule has 2 heterocycles. The van der Waals surface area contributed by atoms with E-state index in [2.05, 4.69) is 0 Å². The summed E-state index contributed by atoms with van der Waals surface area (Å²) >= 11 is 5.87. The van der Waals surface area contributed by atoms with Crippen molar-refractivity contribution in [2.75, 3.05) is 13.1 Å². The molecule has 138 valence electrons. The molecule has 3 rings (SSSR count). The summed E-state index contributed by atoms with van der Waals surface area (Å²) in [6.07, 6.45) is 3.17. The number of fused-ring (bicyclic) bond motifs is 1. The second-order valence-electron chi connectivity index (χ2n) is 6.40. The maximum Gasteiger partial charge on any atom is 0.375 e. The number of halogens is 1. The molecule has 0 bridgehead atoms. The molecule has 7 heteroatoms. The Kier molecular flexibility index (Phi) is 5.61. The molecule has 0 N–H and O–H groups in total. The van der Waals surface area contributed by atoms with Gasteiger partial charge >= 0.3 is 5.97 Å². The van der Waals surface area contributed by atoms with Crippen molar-refractivity contribution in [1.29, 1.82) is 0 Å². The Morgan fingerprint density at radius 1 is 1.15 bits per heavy atom. The predicted molar refractivity (Wildman–Crippen MR) is 97.4 cm³/mol. The Balaban J connectivity index is 1.74. The van der Waals surface area contributed by atoms with Crippen LogP contribution in [0.3, 0.4) is 0 Å². The minimum absolute atomic E-state index is 0.227. The molecule has 0 saturated carbocycles. The molecule has 1 aromatic heterocycles. The lowest BCUT2D eigenvalue weighted by Gasteiger charge is -2.23. The SMILES string of the molecule is C[C@H](OC(=O)c1cc(=O)c2cc(Cl)ccc2o1)C(=O)N1CCCCCC1. The molecule has 1 amide bonds. The van der Waals surface area contributed by atoms with E-state index in [0.717, 1.165) is 31.7 Å². The average Bonchev–Trinajstić information content (AvgIpc) is 2.90. The zero-order valence-corrected chi connectivity index (χ0v) is 15.3. The van der Waals surface area contributed by atoms with Gasteiger partial charge in [0, 0.05) is 24.2 Å². The van der Waals surface area contributed by atoms with Crippen LogP contribution in [0.4, 0.5) is 0 Å². The molecule has 1 fully saturated rings. The molecule has 6 nitrogen and oxygen atoms in total. The smallest absolute Gasteiger partial charge is 0.375 e. The molecule has 1 aromatic carbocycles. The van der Waals surface area contributed by atoms with E-state index in [1.807, 2.05) is 0 Å². The van der Waals surface area contributed by atoms with E-state index in [4.69, 9.17) is 20.8 Å². The maximum absolute atomic E-state index is 12.5. The second kappa shape index (κ2) is 7.91. The molecular formula is C19H20ClNO5. The first kappa shape index (κ1) is 18.5. The largest absolute Gasteiger partial charge is 0.449 e. The van der Waals surface area contributed by atoms with Gasteiger partial charge in [-0.15, -0.1) is 0 Å². The Morgan fingerprint density at radius 2 is 1.85 bits per heavy atom. The summed E-state index contributed by atoms with van der Waals surface area (Å²) in [7, 11) is 0. The number of ether oxygens (including phenoxy) is 1. The van der Waals surface area contributed by atoms with Crippen LogP contribution in [0, 0.1) is 0 Å². The first-order chi connectivity index (χ1) is 12.5. The summed E-state index contributed by atoms with van der Waals surface area (Å²) in [6.45, 7) is 2.88. The fourth-order valence-corrected chi connectivity index (χ4v) is 3.22. The molecule has 2 aromatic rings. The van der Waals surface area contributed by atoms with Gasteiger partial charge in [-0.25, -0.2) is 4.79 Å². The summed E-state index contributed by atoms with van der Waals surface area (Å²) in [5.74, 6) is -1.30. The standard InChI is InChI=1S/C19H20ClNO5/c1-12(18(23)21-8-4-2-3-5-9-21)25-19(24)17-11-15(22)14-10-13(20)6-7-16(14)26-17/h6-7,10-12H,2-5,8-9H2,1H3/t12-/m0/s1. The van der Waals surface area contributed by atoms with Crippen LogP contribution < -0.4 is 5.43 Å². The van der Waals surface area contributed by atoms with Crippen LogP contribution in [-0.2, 0) is 9.53 Å². The van der Waals surface area contributed by atoms with Crippen LogP contribution in [0.15, 0.2) is 33.5 Å². The zero-order valence-electron chi connectivity index (χ0n) is 14.5. The summed E-state index contributed by atoms with van der Waals surface area (Å²) in [5.41, 5.74) is -0.160. The van der Waals surface area contributed by atoms with Crippen LogP contribution in [0.25, 0.3) is 11.0 Å². The third-order valence-corrected chi connectivity index (χ3v) is 4.67. The number of likely N-dealkylation sites (tertiary alicyclic amines) is 1. The summed E-state index contributed by atoms with van der Waals surface area (Å²) in [4.78, 5) is 38.7. The first-order valence-electron chi connectivity index (χ1n) is 8.69. The first-order valence-corrected chi connectivity index (χ1v) is 9.06. The molecule has 0 aliphatic carbocycles. The number of benzene rings is 1. The zero-order chi connectivity index (χ0) is 18.7. The van der Waals surface area contributed by atoms with Gasteiger partial charge in [0.25, 0.3) is 5.91 Å². The summed E-state index contributed by atoms with van der Waals surface area (Å²) in [5, 5.41) is 0.680. The van der Waals surface area contributed by atoms with Crippen molar-refractivity contribution in [3.8, 4) is 0 Å². The van der Waals surface area contributed by atoms with Crippen molar-refractivity contribution < 1.29 is 18.7 Å². The molecule has 26 heavy (non-hydrogen) atoms. The number of nitrogens with zero attached hydrogens (tertiary/aromatic N) is 1. The van der Waals surface area contributed by atoms with Crippen molar-refractivity contribution in [1.82, 2.24) is 4.90 Å². The van der Waals surface area contributed by atoms with Gasteiger partial charge in [-0.3, -0.25) is 9.59 Å². The number of hydrogen-bond donors (Lipinski definition) is 0. The molecular weight excluding hydrogens is 358 g/mol. The highest BCUT2D eigenvalue weighted by molar-refractivity contribution is 6.31. The van der Waals surface area contributed by atoms with E-state index in [1.165, 1.54) is 19.1 Å². The number of hydrogen-bond acceptors (Lipinski definition) is 5. The van der Waals surface area contributed by atoms with E-state index in [0.29, 0.717) is 18.1 Å². The van der Waals surface area contributed by atoms with Gasteiger partial charge in [-0.1, -0.05) is 24.4 Å². The monoisotopic (exact) mass is 377 g/mol. The minimum atomic E-state index is -0.938. The topological polar surface area (TPSA) is 76.8 Å². The van der Waals surface area contributed by atoms with Crippen LogP contribution in [0.2, 0.25) is 5.02 Å². The Morgan fingerprint density at radius 3 is 2.54 bits per heavy atom. The Bertz CT molecular complexity index is 883. The predicted octanol–water partition coefficient (Wildman–Crippen LogP) is 3.39. The Hall–Kier alpha value is -2.34. The highest BCUT2D eigenvalue weighted by Crippen LogP contribution is 2.18. The minimum Gasteiger partial charge on any atom is -0.449 e. The molecule has 1 aliphatic heterocycles. The average molecular weight is 378 g/mol. The van der Waals surface area contributed by atoms with E-state index in [1.54, 1.807) is 11.0 Å². The molecule has 1 aliphatic rings. The highest BCUT2D eigenvalue weighted by Gasteiger charge is 2.26. The second-order valence-corrected chi connectivity index (χ2v) is 6.84. The molecule has 1 saturated heterocycles. The van der Waals surface area contributed by atoms with Gasteiger partial charge in [0.1, 0.15) is 5.58 Å². The lowest BCUT2D eigenvalue weighted by atomic mass is 10.2. The molecule has 0 unspecified atom stereocenters. The van der Waals surface area contributed by atoms with Crippen molar-refractivity contribution in [2.45, 2.75) is 38.7 Å². The number of carbonyl (C=O) groups excluding carboxylic acids is 2. The fraction of sp³-hybridized carbons (Fsp3) is 0.421. The third-order valence-electron chi connectivity index (χ3n) is 4.44. The number of esters is 1. The fourth-order valence-electron chi connectivity index (χ4n) is 3.05. The third kappa shape index (κ3) is 4.07. The van der Waals surface area contributed by atoms with E-state index in [-0.39, 0.29) is 22.6 Å². The van der Waals surface area contributed by atoms with E-state index < -0.39 is 17.5 Å². The van der Waals surface area contributed by atoms with E-state index >= 15 is 0 Å². The van der Waals surface area contributed by atoms with Gasteiger partial charge in [-0.2, -0.15) is 0 Å². The number of carbonyl (C=O) groups is 2. The lowest BCUT2D eigenvalue weighted by molar-refractivity contribution is -0.139. The van der Waals surface area contributed by atoms with Crippen molar-refractivity contribution in [3.63, 3.8) is 0 Å². The molecule has 0 spiro atoms. The number of rotatable bonds is 3. The summed E-state index contributed by atoms with van der Waals surface area (Å²) in [6, 6.07) is 5.61. The van der Waals surface area contributed by atoms with Gasteiger partial charge in [0.15, 0.2) is 11.5 Å². The van der Waals surface area contributed by atoms with Crippen LogP contribution in [0.5, 0.6) is 0 Å². The van der Waals surface area contributed by atoms with Crippen molar-refractivity contribution in [2.24, 2.45) is 0 Å². The molecule has 0 radical (unpaired) electrons. The van der Waals surface area contributed by atoms with Crippen LogP contribution in [0.1, 0.15) is 43.2 Å². The quantitative estimate of drug-likeness (QED) is 0.766. The van der Waals surface area contributed by atoms with Crippen molar-refractivity contribution in [3.05, 3.63) is 45.3 Å². The maximum atomic E-state index is 12.5. The van der Waals surface area contributed by atoms with Gasteiger partial charge in [0.2, 0.25) is 5.76 Å². The lowest BCUT2D eigenvalue weighted by Crippen LogP contribution is -2.40. The summed E-state index contributed by atoms with van der Waals surface area (Å²) < 4.78 is 10.7. The molecule has 1 atom stereocenters. The van der Waals surface area contributed by atoms with Crippen LogP contribution in [-0.4, -0.2) is 36.0 Å². The van der Waals surface area contributed by atoms with Crippen molar-refractivity contribution >= 4 is 34.4 Å². The van der Waals surface area contributed by atoms with Gasteiger partial charge in [0.05, 0.1) is 5.39 Å². The number of amides is 1. The van der Waals surface area contributed by atoms with Crippen LogP contribution >= 0.6 is 11.6 Å². The highest BCUT2D eigenvalue weighted by atomic mass is 35.5. The normalized spacial score (nSPS) is 16.2. The van der Waals surface area contributed by atoms with E-state index in [9.17, 15) is 14.4 Å². The van der Waals surface area contributed by atoms with Gasteiger partial charge in [-0.05, 0) is 38.0 Å². The Labute approximate surface area is 155 Å². The van der Waals surface area contributed by atoms with Gasteiger partial charge < -0.3 is 14.1 Å².